The topological polar surface area (TPSA) is 63.6 Å². The number of hydrogen-bond donors (Lipinski definition) is 1. The van der Waals surface area contributed by atoms with Gasteiger partial charge in [-0.3, -0.25) is 9.59 Å². The van der Waals surface area contributed by atoms with Crippen molar-refractivity contribution >= 4 is 11.9 Å². The minimum atomic E-state index is -0.735. The van der Waals surface area contributed by atoms with E-state index in [0.717, 1.165) is 77.0 Å². The van der Waals surface area contributed by atoms with E-state index in [1.807, 2.05) is 6.08 Å². The van der Waals surface area contributed by atoms with Crippen LogP contribution in [0.5, 0.6) is 0 Å². The van der Waals surface area contributed by atoms with Crippen LogP contribution in [0.2, 0.25) is 0 Å². The maximum atomic E-state index is 12.5. The number of carboxylic acid groups (broad SMARTS) is 1. The van der Waals surface area contributed by atoms with Gasteiger partial charge in [-0.15, -0.1) is 0 Å². The molecule has 238 valence electrons. The molecule has 4 nitrogen and oxygen atoms in total. The zero-order chi connectivity index (χ0) is 30.8. The van der Waals surface area contributed by atoms with Crippen LogP contribution in [0.4, 0.5) is 0 Å². The summed E-state index contributed by atoms with van der Waals surface area (Å²) in [6.45, 7) is 4.29. The van der Waals surface area contributed by atoms with E-state index in [0.29, 0.717) is 12.8 Å². The monoisotopic (exact) mass is 582 g/mol. The molecule has 0 aromatic carbocycles. The average Bonchev–Trinajstić information content (AvgIpc) is 2.97. The van der Waals surface area contributed by atoms with Crippen LogP contribution < -0.4 is 0 Å². The van der Waals surface area contributed by atoms with E-state index in [4.69, 9.17) is 9.84 Å². The summed E-state index contributed by atoms with van der Waals surface area (Å²) in [6.07, 6.45) is 46.4. The molecule has 0 saturated carbocycles. The molecule has 0 fully saturated rings. The molecule has 1 atom stereocenters. The average molecular weight is 583 g/mol. The molecule has 0 amide bonds. The first-order valence-electron chi connectivity index (χ1n) is 16.9. The lowest BCUT2D eigenvalue weighted by atomic mass is 10.1. The van der Waals surface area contributed by atoms with Crippen LogP contribution >= 0.6 is 0 Å². The van der Waals surface area contributed by atoms with Gasteiger partial charge in [0.25, 0.3) is 0 Å². The highest BCUT2D eigenvalue weighted by Crippen LogP contribution is 2.14. The number of carbonyl (C=O) groups is 2. The van der Waals surface area contributed by atoms with Crippen LogP contribution in [-0.2, 0) is 14.3 Å². The summed E-state index contributed by atoms with van der Waals surface area (Å²) < 4.78 is 5.82. The van der Waals surface area contributed by atoms with Crippen LogP contribution in [0, 0.1) is 0 Å². The van der Waals surface area contributed by atoms with E-state index in [1.165, 1.54) is 38.5 Å². The maximum Gasteiger partial charge on any atom is 0.306 e. The minimum Gasteiger partial charge on any atom is -0.481 e. The molecule has 0 saturated heterocycles. The first kappa shape index (κ1) is 39.4. The number of carboxylic acids is 1. The zero-order valence-electron chi connectivity index (χ0n) is 27.0. The molecule has 0 rings (SSSR count). The molecule has 0 aliphatic carbocycles. The smallest absolute Gasteiger partial charge is 0.306 e. The number of unbranched alkanes of at least 4 members (excludes halogenated alkanes) is 10. The van der Waals surface area contributed by atoms with Crippen molar-refractivity contribution in [2.45, 2.75) is 155 Å². The van der Waals surface area contributed by atoms with Crippen LogP contribution in [-0.4, -0.2) is 23.1 Å². The fourth-order valence-electron chi connectivity index (χ4n) is 4.48. The Morgan fingerprint density at radius 3 is 1.57 bits per heavy atom. The Morgan fingerprint density at radius 2 is 1.00 bits per heavy atom. The van der Waals surface area contributed by atoms with E-state index in [2.05, 4.69) is 80.7 Å². The van der Waals surface area contributed by atoms with Crippen molar-refractivity contribution in [3.8, 4) is 0 Å². The highest BCUT2D eigenvalue weighted by molar-refractivity contribution is 5.69. The molecule has 0 heterocycles. The summed E-state index contributed by atoms with van der Waals surface area (Å²) in [5, 5.41) is 8.79. The predicted octanol–water partition coefficient (Wildman–Crippen LogP) is 11.6. The number of aliphatic carboxylic acids is 1. The second-order valence-electron chi connectivity index (χ2n) is 10.9. The summed E-state index contributed by atoms with van der Waals surface area (Å²) in [7, 11) is 0. The third-order valence-corrected chi connectivity index (χ3v) is 6.91. The molecule has 0 radical (unpaired) electrons. The first-order chi connectivity index (χ1) is 20.6. The summed E-state index contributed by atoms with van der Waals surface area (Å²) in [6, 6.07) is 0. The molecular formula is C38H62O4. The molecule has 0 aliphatic rings. The number of carbonyl (C=O) groups excluding carboxylic acids is 1. The van der Waals surface area contributed by atoms with Crippen LogP contribution in [0.1, 0.15) is 149 Å². The van der Waals surface area contributed by atoms with E-state index >= 15 is 0 Å². The fourth-order valence-corrected chi connectivity index (χ4v) is 4.48. The summed E-state index contributed by atoms with van der Waals surface area (Å²) >= 11 is 0. The Labute approximate surface area is 258 Å². The van der Waals surface area contributed by atoms with Gasteiger partial charge in [0.15, 0.2) is 0 Å². The van der Waals surface area contributed by atoms with Crippen molar-refractivity contribution in [2.75, 3.05) is 0 Å². The molecule has 4 heteroatoms. The van der Waals surface area contributed by atoms with Gasteiger partial charge < -0.3 is 9.84 Å². The molecule has 1 unspecified atom stereocenters. The summed E-state index contributed by atoms with van der Waals surface area (Å²) in [5.41, 5.74) is 0. The van der Waals surface area contributed by atoms with Gasteiger partial charge in [0.2, 0.25) is 0 Å². The molecule has 0 bridgehead atoms. The molecular weight excluding hydrogens is 520 g/mol. The molecule has 0 aliphatic heterocycles. The van der Waals surface area contributed by atoms with E-state index < -0.39 is 5.97 Å². The number of esters is 1. The maximum absolute atomic E-state index is 12.5. The lowest BCUT2D eigenvalue weighted by Crippen LogP contribution is -2.16. The number of allylic oxidation sites excluding steroid dienone is 11. The van der Waals surface area contributed by atoms with Crippen molar-refractivity contribution in [1.82, 2.24) is 0 Å². The van der Waals surface area contributed by atoms with Crippen molar-refractivity contribution in [3.63, 3.8) is 0 Å². The molecule has 0 spiro atoms. The van der Waals surface area contributed by atoms with Crippen molar-refractivity contribution in [2.24, 2.45) is 0 Å². The third kappa shape index (κ3) is 31.9. The van der Waals surface area contributed by atoms with Gasteiger partial charge in [-0.05, 0) is 83.1 Å². The molecule has 42 heavy (non-hydrogen) atoms. The van der Waals surface area contributed by atoms with E-state index in [-0.39, 0.29) is 18.5 Å². The van der Waals surface area contributed by atoms with Gasteiger partial charge in [-0.25, -0.2) is 0 Å². The van der Waals surface area contributed by atoms with E-state index in [9.17, 15) is 9.59 Å². The lowest BCUT2D eigenvalue weighted by molar-refractivity contribution is -0.147. The highest BCUT2D eigenvalue weighted by atomic mass is 16.5. The quantitative estimate of drug-likeness (QED) is 0.0541. The van der Waals surface area contributed by atoms with Gasteiger partial charge in [0, 0.05) is 12.8 Å². The second kappa shape index (κ2) is 32.9. The standard InChI is InChI=1S/C38H62O4/c1-3-5-7-9-11-13-14-15-16-17-18-19-20-21-23-25-31-35-38(41)42-36(33-29-26-27-30-34-37(39)40)32-28-24-22-12-10-8-6-4-2/h5-8,11-13,15-16,22,28,32,36H,3-4,9-10,14,17-21,23-27,29-31,33-35H2,1-2H3,(H,39,40)/b7-5-,8-6-,13-11-,16-15-,22-12-,32-28-. The Morgan fingerprint density at radius 1 is 0.548 bits per heavy atom. The van der Waals surface area contributed by atoms with Crippen molar-refractivity contribution in [1.29, 1.82) is 0 Å². The molecule has 0 aromatic heterocycles. The van der Waals surface area contributed by atoms with Gasteiger partial charge in [-0.2, -0.15) is 0 Å². The van der Waals surface area contributed by atoms with Crippen LogP contribution in [0.15, 0.2) is 72.9 Å². The first-order valence-corrected chi connectivity index (χ1v) is 16.9. The largest absolute Gasteiger partial charge is 0.481 e. The van der Waals surface area contributed by atoms with E-state index in [1.54, 1.807) is 0 Å². The molecule has 0 aromatic rings. The predicted molar refractivity (Wildman–Crippen MR) is 181 cm³/mol. The Kier molecular flexibility index (Phi) is 30.8. The Hall–Kier alpha value is -2.62. The SMILES string of the molecule is CC/C=C\C/C=C\C/C=C\CCCCCCCCCC(=O)OC(/C=C\C/C=C\C/C=C\CC)CCCCCCC(=O)O. The summed E-state index contributed by atoms with van der Waals surface area (Å²) in [5.74, 6) is -0.837. The second-order valence-corrected chi connectivity index (χ2v) is 10.9. The minimum absolute atomic E-state index is 0.102. The lowest BCUT2D eigenvalue weighted by Gasteiger charge is -2.14. The van der Waals surface area contributed by atoms with Gasteiger partial charge in [-0.1, -0.05) is 126 Å². The number of ether oxygens (including phenoxy) is 1. The van der Waals surface area contributed by atoms with Crippen molar-refractivity contribution in [3.05, 3.63) is 72.9 Å². The Balaban J connectivity index is 4.08. The zero-order valence-corrected chi connectivity index (χ0v) is 27.0. The van der Waals surface area contributed by atoms with Crippen LogP contribution in [0.3, 0.4) is 0 Å². The van der Waals surface area contributed by atoms with Gasteiger partial charge >= 0.3 is 11.9 Å². The highest BCUT2D eigenvalue weighted by Gasteiger charge is 2.11. The van der Waals surface area contributed by atoms with Crippen LogP contribution in [0.25, 0.3) is 0 Å². The summed E-state index contributed by atoms with van der Waals surface area (Å²) in [4.78, 5) is 23.2. The number of rotatable bonds is 29. The van der Waals surface area contributed by atoms with Crippen molar-refractivity contribution < 1.29 is 19.4 Å². The number of hydrogen-bond acceptors (Lipinski definition) is 3. The molecule has 1 N–H and O–H groups in total. The van der Waals surface area contributed by atoms with Gasteiger partial charge in [0.05, 0.1) is 0 Å². The normalized spacial score (nSPS) is 13.2. The van der Waals surface area contributed by atoms with Gasteiger partial charge in [0.1, 0.15) is 6.10 Å². The fraction of sp³-hybridized carbons (Fsp3) is 0.632. The Bertz CT molecular complexity index is 800. The third-order valence-electron chi connectivity index (χ3n) is 6.91.